The molecular formula is C22H27N3O6S. The van der Waals surface area contributed by atoms with Crippen molar-refractivity contribution in [3.8, 4) is 17.0 Å². The number of amides is 1. The average Bonchev–Trinajstić information content (AvgIpc) is 3.22. The minimum absolute atomic E-state index is 0.0320. The number of rotatable bonds is 7. The Morgan fingerprint density at radius 1 is 1.12 bits per heavy atom. The first kappa shape index (κ1) is 22.5. The fraction of sp³-hybridized carbons (Fsp3) is 0.455. The number of anilines is 2. The fourth-order valence-electron chi connectivity index (χ4n) is 4.03. The molecule has 4 rings (SSSR count). The van der Waals surface area contributed by atoms with Gasteiger partial charge >= 0.3 is 0 Å². The van der Waals surface area contributed by atoms with Crippen molar-refractivity contribution in [1.82, 2.24) is 4.98 Å². The molecule has 0 atom stereocenters. The molecule has 2 aliphatic heterocycles. The summed E-state index contributed by atoms with van der Waals surface area (Å²) in [6, 6.07) is 5.52. The number of nitrogens with one attached hydrogen (secondary N) is 2. The summed E-state index contributed by atoms with van der Waals surface area (Å²) in [4.78, 5) is 17.0. The molecule has 32 heavy (non-hydrogen) atoms. The quantitative estimate of drug-likeness (QED) is 0.651. The van der Waals surface area contributed by atoms with Gasteiger partial charge in [0.1, 0.15) is 5.69 Å². The van der Waals surface area contributed by atoms with Gasteiger partial charge in [-0.05, 0) is 48.1 Å². The van der Waals surface area contributed by atoms with Crippen molar-refractivity contribution in [1.29, 1.82) is 0 Å². The first-order chi connectivity index (χ1) is 15.3. The van der Waals surface area contributed by atoms with Crippen molar-refractivity contribution < 1.29 is 27.4 Å². The van der Waals surface area contributed by atoms with E-state index in [-0.39, 0.29) is 17.5 Å². The van der Waals surface area contributed by atoms with Crippen LogP contribution < -0.4 is 14.8 Å². The lowest BCUT2D eigenvalue weighted by atomic mass is 9.95. The van der Waals surface area contributed by atoms with Gasteiger partial charge < -0.3 is 19.5 Å². The van der Waals surface area contributed by atoms with Crippen LogP contribution in [0.4, 0.5) is 11.4 Å². The molecule has 0 unspecified atom stereocenters. The second-order valence-electron chi connectivity index (χ2n) is 8.12. The van der Waals surface area contributed by atoms with Gasteiger partial charge in [0.05, 0.1) is 26.6 Å². The third-order valence-electron chi connectivity index (χ3n) is 5.61. The summed E-state index contributed by atoms with van der Waals surface area (Å²) in [5, 5.41) is 3.06. The largest absolute Gasteiger partial charge is 0.480 e. The van der Waals surface area contributed by atoms with Crippen LogP contribution >= 0.6 is 0 Å². The number of methoxy groups -OCH3 is 1. The Labute approximate surface area is 187 Å². The number of carbonyl (C=O) groups excluding carboxylic acids is 1. The molecule has 0 aliphatic carbocycles. The maximum absolute atomic E-state index is 12.7. The highest BCUT2D eigenvalue weighted by atomic mass is 32.2. The first-order valence-electron chi connectivity index (χ1n) is 10.5. The number of sulfonamides is 1. The van der Waals surface area contributed by atoms with Crippen molar-refractivity contribution >= 4 is 27.3 Å². The summed E-state index contributed by atoms with van der Waals surface area (Å²) in [5.41, 5.74) is 4.38. The molecule has 3 heterocycles. The molecule has 0 spiro atoms. The second kappa shape index (κ2) is 9.43. The van der Waals surface area contributed by atoms with E-state index in [9.17, 15) is 13.2 Å². The van der Waals surface area contributed by atoms with E-state index in [1.807, 2.05) is 12.1 Å². The van der Waals surface area contributed by atoms with E-state index in [2.05, 4.69) is 15.0 Å². The zero-order valence-electron chi connectivity index (χ0n) is 18.1. The van der Waals surface area contributed by atoms with Crippen LogP contribution in [0.25, 0.3) is 11.1 Å². The minimum atomic E-state index is -3.51. The molecule has 172 valence electrons. The van der Waals surface area contributed by atoms with E-state index in [4.69, 9.17) is 14.2 Å². The molecule has 2 aromatic rings. The Morgan fingerprint density at radius 2 is 1.88 bits per heavy atom. The fourth-order valence-corrected chi connectivity index (χ4v) is 4.58. The number of fused-ring (bicyclic) bond motifs is 1. The third-order valence-corrected chi connectivity index (χ3v) is 6.20. The summed E-state index contributed by atoms with van der Waals surface area (Å²) >= 11 is 0. The van der Waals surface area contributed by atoms with Crippen molar-refractivity contribution in [2.75, 3.05) is 36.6 Å². The lowest BCUT2D eigenvalue weighted by molar-refractivity contribution is -0.117. The molecule has 1 amide bonds. The van der Waals surface area contributed by atoms with Crippen LogP contribution in [0.3, 0.4) is 0 Å². The summed E-state index contributed by atoms with van der Waals surface area (Å²) in [6.45, 7) is 2.28. The van der Waals surface area contributed by atoms with Gasteiger partial charge in [-0.1, -0.05) is 0 Å². The standard InChI is InChI=1S/C22H27N3O6S/c1-29-22-20(25-32(2,27)28)10-16(11-23-22)15-8-17-12-31-13-18(17)19(9-15)24-21(26)7-14-3-5-30-6-4-14/h8-11,14,25H,3-7,12-13H2,1-2H3,(H,24,26). The number of aromatic nitrogens is 1. The molecule has 1 aromatic carbocycles. The highest BCUT2D eigenvalue weighted by Gasteiger charge is 2.22. The third kappa shape index (κ3) is 5.37. The molecule has 2 N–H and O–H groups in total. The Kier molecular flexibility index (Phi) is 6.63. The van der Waals surface area contributed by atoms with E-state index in [1.165, 1.54) is 7.11 Å². The lowest BCUT2D eigenvalue weighted by Crippen LogP contribution is -2.22. The molecular weight excluding hydrogens is 434 g/mol. The lowest BCUT2D eigenvalue weighted by Gasteiger charge is -2.21. The molecule has 0 bridgehead atoms. The summed E-state index contributed by atoms with van der Waals surface area (Å²) in [6.07, 6.45) is 4.91. The van der Waals surface area contributed by atoms with E-state index < -0.39 is 10.0 Å². The summed E-state index contributed by atoms with van der Waals surface area (Å²) in [5.74, 6) is 0.468. The van der Waals surface area contributed by atoms with Crippen LogP contribution in [0.1, 0.15) is 30.4 Å². The molecule has 10 heteroatoms. The normalized spacial score (nSPS) is 16.4. The number of hydrogen-bond acceptors (Lipinski definition) is 7. The van der Waals surface area contributed by atoms with Gasteiger partial charge in [0.25, 0.3) is 0 Å². The first-order valence-corrected chi connectivity index (χ1v) is 12.3. The van der Waals surface area contributed by atoms with Crippen molar-refractivity contribution in [2.24, 2.45) is 5.92 Å². The Balaban J connectivity index is 1.63. The van der Waals surface area contributed by atoms with E-state index in [1.54, 1.807) is 12.3 Å². The Morgan fingerprint density at radius 3 is 2.59 bits per heavy atom. The van der Waals surface area contributed by atoms with Gasteiger partial charge in [-0.2, -0.15) is 0 Å². The van der Waals surface area contributed by atoms with Crippen LogP contribution in [0.15, 0.2) is 24.4 Å². The molecule has 1 aromatic heterocycles. The van der Waals surface area contributed by atoms with Crippen molar-refractivity contribution in [3.05, 3.63) is 35.5 Å². The zero-order valence-corrected chi connectivity index (χ0v) is 19.0. The minimum Gasteiger partial charge on any atom is -0.480 e. The van der Waals surface area contributed by atoms with E-state index >= 15 is 0 Å². The van der Waals surface area contributed by atoms with Gasteiger partial charge in [0, 0.05) is 42.6 Å². The predicted octanol–water partition coefficient (Wildman–Crippen LogP) is 2.91. The number of hydrogen-bond donors (Lipinski definition) is 2. The number of ether oxygens (including phenoxy) is 3. The van der Waals surface area contributed by atoms with Crippen LogP contribution in [-0.4, -0.2) is 45.9 Å². The predicted molar refractivity (Wildman–Crippen MR) is 120 cm³/mol. The highest BCUT2D eigenvalue weighted by molar-refractivity contribution is 7.92. The van der Waals surface area contributed by atoms with Crippen molar-refractivity contribution in [3.63, 3.8) is 0 Å². The number of pyridine rings is 1. The maximum atomic E-state index is 12.7. The maximum Gasteiger partial charge on any atom is 0.238 e. The van der Waals surface area contributed by atoms with Crippen LogP contribution in [-0.2, 0) is 37.5 Å². The monoisotopic (exact) mass is 461 g/mol. The van der Waals surface area contributed by atoms with E-state index in [0.29, 0.717) is 50.0 Å². The Bertz CT molecular complexity index is 1110. The molecule has 0 radical (unpaired) electrons. The Hall–Kier alpha value is -2.69. The smallest absolute Gasteiger partial charge is 0.238 e. The van der Waals surface area contributed by atoms with Gasteiger partial charge in [0.15, 0.2) is 0 Å². The highest BCUT2D eigenvalue weighted by Crippen LogP contribution is 2.36. The van der Waals surface area contributed by atoms with Crippen molar-refractivity contribution in [2.45, 2.75) is 32.5 Å². The zero-order chi connectivity index (χ0) is 22.7. The number of carbonyl (C=O) groups is 1. The molecule has 1 saturated heterocycles. The molecule has 0 saturated carbocycles. The van der Waals surface area contributed by atoms with Crippen LogP contribution in [0, 0.1) is 5.92 Å². The molecule has 1 fully saturated rings. The summed E-state index contributed by atoms with van der Waals surface area (Å²) in [7, 11) is -2.09. The van der Waals surface area contributed by atoms with Gasteiger partial charge in [-0.3, -0.25) is 9.52 Å². The number of nitrogens with zero attached hydrogens (tertiary/aromatic N) is 1. The van der Waals surface area contributed by atoms with Gasteiger partial charge in [-0.15, -0.1) is 0 Å². The van der Waals surface area contributed by atoms with Crippen LogP contribution in [0.5, 0.6) is 5.88 Å². The van der Waals surface area contributed by atoms with Gasteiger partial charge in [-0.25, -0.2) is 13.4 Å². The SMILES string of the molecule is COc1ncc(-c2cc3c(c(NC(=O)CC4CCOCC4)c2)COC3)cc1NS(C)(=O)=O. The average molecular weight is 462 g/mol. The summed E-state index contributed by atoms with van der Waals surface area (Å²) < 4.78 is 42.1. The van der Waals surface area contributed by atoms with Crippen LogP contribution in [0.2, 0.25) is 0 Å². The molecule has 2 aliphatic rings. The van der Waals surface area contributed by atoms with E-state index in [0.717, 1.165) is 35.8 Å². The topological polar surface area (TPSA) is 116 Å². The number of benzene rings is 1. The second-order valence-corrected chi connectivity index (χ2v) is 9.87. The molecule has 9 nitrogen and oxygen atoms in total. The van der Waals surface area contributed by atoms with Gasteiger partial charge in [0.2, 0.25) is 21.8 Å².